The Morgan fingerprint density at radius 1 is 1.25 bits per heavy atom. The predicted octanol–water partition coefficient (Wildman–Crippen LogP) is 4.31. The number of halogens is 1. The number of aryl methyl sites for hydroxylation is 1. The maximum absolute atomic E-state index is 12.3. The van der Waals surface area contributed by atoms with E-state index >= 15 is 0 Å². The molecule has 0 spiro atoms. The Balaban J connectivity index is 2.32. The second-order valence-corrected chi connectivity index (χ2v) is 5.69. The van der Waals surface area contributed by atoms with Gasteiger partial charge in [-0.3, -0.25) is 4.79 Å². The first-order chi connectivity index (χ1) is 9.51. The largest absolute Gasteiger partial charge is 0.495 e. The molecule has 0 saturated heterocycles. The van der Waals surface area contributed by atoms with Crippen molar-refractivity contribution in [2.75, 3.05) is 12.4 Å². The van der Waals surface area contributed by atoms with Crippen LogP contribution in [0.1, 0.15) is 15.9 Å². The summed E-state index contributed by atoms with van der Waals surface area (Å²) in [5.41, 5.74) is 2.22. The van der Waals surface area contributed by atoms with E-state index in [1.165, 1.54) is 0 Å². The summed E-state index contributed by atoms with van der Waals surface area (Å²) in [6.45, 7) is 1.96. The van der Waals surface area contributed by atoms with Gasteiger partial charge < -0.3 is 10.1 Å². The van der Waals surface area contributed by atoms with Gasteiger partial charge in [0, 0.05) is 9.37 Å². The monoisotopic (exact) mass is 351 g/mol. The summed E-state index contributed by atoms with van der Waals surface area (Å²) in [7, 11) is 1.57. The number of benzene rings is 2. The molecule has 5 heteroatoms. The van der Waals surface area contributed by atoms with Gasteiger partial charge in [0.2, 0.25) is 0 Å². The third-order valence-corrected chi connectivity index (χ3v) is 3.77. The van der Waals surface area contributed by atoms with Crippen LogP contribution in [0.15, 0.2) is 45.8 Å². The van der Waals surface area contributed by atoms with E-state index in [1.54, 1.807) is 19.2 Å². The van der Waals surface area contributed by atoms with E-state index < -0.39 is 0 Å². The van der Waals surface area contributed by atoms with Crippen LogP contribution in [0.4, 0.5) is 5.69 Å². The predicted molar refractivity (Wildman–Crippen MR) is 87.1 cm³/mol. The van der Waals surface area contributed by atoms with E-state index in [0.717, 1.165) is 14.9 Å². The number of anilines is 1. The van der Waals surface area contributed by atoms with Crippen molar-refractivity contribution >= 4 is 40.2 Å². The Kier molecular flexibility index (Phi) is 4.73. The Morgan fingerprint density at radius 3 is 2.70 bits per heavy atom. The molecule has 0 bridgehead atoms. The fourth-order valence-corrected chi connectivity index (χ4v) is 2.43. The van der Waals surface area contributed by atoms with Crippen LogP contribution in [-0.4, -0.2) is 13.0 Å². The van der Waals surface area contributed by atoms with Crippen LogP contribution in [0, 0.1) is 6.92 Å². The van der Waals surface area contributed by atoms with Gasteiger partial charge in [-0.15, -0.1) is 12.6 Å². The summed E-state index contributed by atoms with van der Waals surface area (Å²) in [4.78, 5) is 13.1. The first kappa shape index (κ1) is 14.9. The number of amides is 1. The van der Waals surface area contributed by atoms with Gasteiger partial charge in [0.25, 0.3) is 5.91 Å². The van der Waals surface area contributed by atoms with E-state index in [2.05, 4.69) is 33.9 Å². The molecule has 0 atom stereocenters. The highest BCUT2D eigenvalue weighted by Crippen LogP contribution is 2.27. The van der Waals surface area contributed by atoms with Crippen LogP contribution in [0.25, 0.3) is 0 Å². The van der Waals surface area contributed by atoms with Gasteiger partial charge in [-0.25, -0.2) is 0 Å². The highest BCUT2D eigenvalue weighted by atomic mass is 79.9. The van der Waals surface area contributed by atoms with Crippen LogP contribution >= 0.6 is 28.6 Å². The molecule has 0 aliphatic heterocycles. The SMILES string of the molecule is COc1ccc(C)cc1NC(=O)c1cc(S)ccc1Br. The zero-order valence-corrected chi connectivity index (χ0v) is 13.6. The lowest BCUT2D eigenvalue weighted by molar-refractivity contribution is 0.102. The number of carbonyl (C=O) groups excluding carboxylic acids is 1. The molecule has 3 nitrogen and oxygen atoms in total. The van der Waals surface area contributed by atoms with Crippen LogP contribution in [-0.2, 0) is 0 Å². The Bertz CT molecular complexity index is 658. The molecule has 104 valence electrons. The fourth-order valence-electron chi connectivity index (χ4n) is 1.80. The zero-order chi connectivity index (χ0) is 14.7. The summed E-state index contributed by atoms with van der Waals surface area (Å²) in [6, 6.07) is 11.0. The Morgan fingerprint density at radius 2 is 2.00 bits per heavy atom. The lowest BCUT2D eigenvalue weighted by Gasteiger charge is -2.12. The summed E-state index contributed by atoms with van der Waals surface area (Å²) in [5.74, 6) is 0.416. The van der Waals surface area contributed by atoms with Crippen LogP contribution in [0.5, 0.6) is 5.75 Å². The summed E-state index contributed by atoms with van der Waals surface area (Å²) < 4.78 is 5.97. The number of methoxy groups -OCH3 is 1. The van der Waals surface area contributed by atoms with Gasteiger partial charge in [0.05, 0.1) is 18.4 Å². The Hall–Kier alpha value is -1.46. The molecule has 1 amide bonds. The zero-order valence-electron chi connectivity index (χ0n) is 11.1. The van der Waals surface area contributed by atoms with E-state index in [-0.39, 0.29) is 5.91 Å². The highest BCUT2D eigenvalue weighted by molar-refractivity contribution is 9.10. The minimum absolute atomic E-state index is 0.211. The molecule has 0 aliphatic carbocycles. The van der Waals surface area contributed by atoms with E-state index in [1.807, 2.05) is 31.2 Å². The molecule has 2 rings (SSSR count). The lowest BCUT2D eigenvalue weighted by atomic mass is 10.1. The second-order valence-electron chi connectivity index (χ2n) is 4.32. The Labute approximate surface area is 131 Å². The quantitative estimate of drug-likeness (QED) is 0.808. The number of hydrogen-bond donors (Lipinski definition) is 2. The van der Waals surface area contributed by atoms with Crippen molar-refractivity contribution in [2.45, 2.75) is 11.8 Å². The molecule has 0 radical (unpaired) electrons. The van der Waals surface area contributed by atoms with Crippen molar-refractivity contribution in [3.63, 3.8) is 0 Å². The number of thiol groups is 1. The molecule has 20 heavy (non-hydrogen) atoms. The van der Waals surface area contributed by atoms with Gasteiger partial charge in [-0.05, 0) is 58.7 Å². The van der Waals surface area contributed by atoms with Gasteiger partial charge in [-0.1, -0.05) is 6.07 Å². The van der Waals surface area contributed by atoms with Gasteiger partial charge in [-0.2, -0.15) is 0 Å². The third-order valence-electron chi connectivity index (χ3n) is 2.80. The molecule has 0 unspecified atom stereocenters. The molecule has 0 heterocycles. The summed E-state index contributed by atoms with van der Waals surface area (Å²) >= 11 is 7.62. The number of ether oxygens (including phenoxy) is 1. The number of hydrogen-bond acceptors (Lipinski definition) is 3. The lowest BCUT2D eigenvalue weighted by Crippen LogP contribution is -2.13. The number of nitrogens with one attached hydrogen (secondary N) is 1. The van der Waals surface area contributed by atoms with Crippen molar-refractivity contribution in [3.8, 4) is 5.75 Å². The van der Waals surface area contributed by atoms with Crippen LogP contribution in [0.2, 0.25) is 0 Å². The van der Waals surface area contributed by atoms with Gasteiger partial charge in [0.1, 0.15) is 5.75 Å². The van der Waals surface area contributed by atoms with Crippen LogP contribution < -0.4 is 10.1 Å². The van der Waals surface area contributed by atoms with Gasteiger partial charge >= 0.3 is 0 Å². The second kappa shape index (κ2) is 6.33. The molecule has 0 aromatic heterocycles. The average Bonchev–Trinajstić information content (AvgIpc) is 2.41. The van der Waals surface area contributed by atoms with Crippen molar-refractivity contribution in [1.29, 1.82) is 0 Å². The molecule has 2 aromatic carbocycles. The normalized spacial score (nSPS) is 10.2. The maximum atomic E-state index is 12.3. The summed E-state index contributed by atoms with van der Waals surface area (Å²) in [5, 5.41) is 2.86. The molecule has 1 N–H and O–H groups in total. The first-order valence-electron chi connectivity index (χ1n) is 5.96. The molecule has 0 saturated carbocycles. The molecule has 0 fully saturated rings. The van der Waals surface area contributed by atoms with E-state index in [0.29, 0.717) is 17.0 Å². The van der Waals surface area contributed by atoms with Crippen molar-refractivity contribution in [2.24, 2.45) is 0 Å². The van der Waals surface area contributed by atoms with Crippen molar-refractivity contribution in [1.82, 2.24) is 0 Å². The third kappa shape index (κ3) is 3.35. The van der Waals surface area contributed by atoms with Crippen LogP contribution in [0.3, 0.4) is 0 Å². The van der Waals surface area contributed by atoms with E-state index in [9.17, 15) is 4.79 Å². The fraction of sp³-hybridized carbons (Fsp3) is 0.133. The number of rotatable bonds is 3. The average molecular weight is 352 g/mol. The van der Waals surface area contributed by atoms with Crippen molar-refractivity contribution in [3.05, 3.63) is 52.0 Å². The number of carbonyl (C=O) groups is 1. The molecular weight excluding hydrogens is 338 g/mol. The first-order valence-corrected chi connectivity index (χ1v) is 7.20. The van der Waals surface area contributed by atoms with Crippen molar-refractivity contribution < 1.29 is 9.53 Å². The highest BCUT2D eigenvalue weighted by Gasteiger charge is 2.13. The maximum Gasteiger partial charge on any atom is 0.256 e. The summed E-state index contributed by atoms with van der Waals surface area (Å²) in [6.07, 6.45) is 0. The van der Waals surface area contributed by atoms with Gasteiger partial charge in [0.15, 0.2) is 0 Å². The molecule has 2 aromatic rings. The molecule has 0 aliphatic rings. The van der Waals surface area contributed by atoms with E-state index in [4.69, 9.17) is 4.74 Å². The standard InChI is InChI=1S/C15H14BrNO2S/c1-9-3-6-14(19-2)13(7-9)17-15(18)11-8-10(20)4-5-12(11)16/h3-8,20H,1-2H3,(H,17,18). The topological polar surface area (TPSA) is 38.3 Å². The minimum Gasteiger partial charge on any atom is -0.495 e. The smallest absolute Gasteiger partial charge is 0.256 e. The molecular formula is C15H14BrNO2S. The minimum atomic E-state index is -0.211.